The quantitative estimate of drug-likeness (QED) is 0.489. The zero-order valence-electron chi connectivity index (χ0n) is 25.1. The molecule has 5 rings (SSSR count). The molecule has 1 amide bonds. The van der Waals surface area contributed by atoms with Gasteiger partial charge in [0.2, 0.25) is 10.0 Å². The summed E-state index contributed by atoms with van der Waals surface area (Å²) in [6.45, 7) is 7.23. The number of nitrogens with zero attached hydrogens (tertiary/aromatic N) is 5. The van der Waals surface area contributed by atoms with E-state index in [2.05, 4.69) is 20.2 Å². The van der Waals surface area contributed by atoms with Gasteiger partial charge < -0.3 is 19.9 Å². The third-order valence-electron chi connectivity index (χ3n) is 9.26. The lowest BCUT2D eigenvalue weighted by molar-refractivity contribution is 0.0519. The van der Waals surface area contributed by atoms with Crippen LogP contribution in [0, 0.1) is 19.7 Å². The third kappa shape index (κ3) is 6.93. The normalized spacial score (nSPS) is 23.0. The van der Waals surface area contributed by atoms with Gasteiger partial charge in [-0.3, -0.25) is 4.79 Å². The van der Waals surface area contributed by atoms with Gasteiger partial charge in [0.15, 0.2) is 0 Å². The number of carbonyl (C=O) groups excluding carboxylic acids is 1. The minimum Gasteiger partial charge on any atom is -0.368 e. The Labute approximate surface area is 248 Å². The van der Waals surface area contributed by atoms with E-state index < -0.39 is 10.0 Å². The molecule has 3 aliphatic rings. The molecule has 3 aliphatic heterocycles. The van der Waals surface area contributed by atoms with Crippen LogP contribution in [0.4, 0.5) is 10.2 Å². The highest BCUT2D eigenvalue weighted by Gasteiger charge is 2.33. The number of amides is 1. The number of anilines is 1. The molecule has 1 unspecified atom stereocenters. The van der Waals surface area contributed by atoms with Crippen molar-refractivity contribution < 1.29 is 22.3 Å². The molecule has 4 heterocycles. The first-order valence-corrected chi connectivity index (χ1v) is 16.8. The van der Waals surface area contributed by atoms with E-state index in [0.717, 1.165) is 62.7 Å². The van der Waals surface area contributed by atoms with Crippen LogP contribution in [0.15, 0.2) is 24.5 Å². The van der Waals surface area contributed by atoms with Gasteiger partial charge in [-0.15, -0.1) is 0 Å². The number of benzene rings is 1. The molecule has 2 aromatic rings. The van der Waals surface area contributed by atoms with E-state index in [4.69, 9.17) is 4.74 Å². The summed E-state index contributed by atoms with van der Waals surface area (Å²) in [5.74, 6) is 0.331. The summed E-state index contributed by atoms with van der Waals surface area (Å²) in [7, 11) is -1.51. The van der Waals surface area contributed by atoms with Gasteiger partial charge in [0.05, 0.1) is 18.5 Å². The number of carbonyl (C=O) groups is 1. The summed E-state index contributed by atoms with van der Waals surface area (Å²) in [4.78, 5) is 26.5. The van der Waals surface area contributed by atoms with Gasteiger partial charge >= 0.3 is 0 Å². The topological polar surface area (TPSA) is 108 Å². The molecular formula is C30H43FN6O4S. The number of sulfonamides is 1. The fourth-order valence-corrected chi connectivity index (χ4v) is 7.19. The lowest BCUT2D eigenvalue weighted by atomic mass is 9.97. The Morgan fingerprint density at radius 2 is 1.79 bits per heavy atom. The molecule has 42 heavy (non-hydrogen) atoms. The maximum atomic E-state index is 14.0. The van der Waals surface area contributed by atoms with Crippen LogP contribution in [0.3, 0.4) is 0 Å². The van der Waals surface area contributed by atoms with Crippen LogP contribution >= 0.6 is 0 Å². The number of aryl methyl sites for hydroxylation is 1. The molecule has 1 aromatic heterocycles. The number of nitrogens with one attached hydrogen (secondary N) is 1. The summed E-state index contributed by atoms with van der Waals surface area (Å²) in [5.41, 5.74) is 2.62. The smallest absolute Gasteiger partial charge is 0.272 e. The second-order valence-electron chi connectivity index (χ2n) is 12.0. The Kier molecular flexibility index (Phi) is 9.46. The molecule has 12 heteroatoms. The summed E-state index contributed by atoms with van der Waals surface area (Å²) in [6, 6.07) is 5.73. The first kappa shape index (κ1) is 30.8. The fourth-order valence-electron chi connectivity index (χ4n) is 6.43. The maximum absolute atomic E-state index is 14.0. The zero-order valence-corrected chi connectivity index (χ0v) is 25.9. The Morgan fingerprint density at radius 1 is 1.07 bits per heavy atom. The van der Waals surface area contributed by atoms with Crippen LogP contribution in [0.25, 0.3) is 0 Å². The number of hydrogen-bond acceptors (Lipinski definition) is 8. The van der Waals surface area contributed by atoms with Crippen LogP contribution in [0.5, 0.6) is 0 Å². The van der Waals surface area contributed by atoms with Gasteiger partial charge in [0.1, 0.15) is 23.7 Å². The van der Waals surface area contributed by atoms with E-state index >= 15 is 0 Å². The first-order chi connectivity index (χ1) is 20.0. The molecule has 230 valence electrons. The van der Waals surface area contributed by atoms with Crippen LogP contribution in [0.1, 0.15) is 71.8 Å². The zero-order chi connectivity index (χ0) is 30.0. The average molecular weight is 603 g/mol. The van der Waals surface area contributed by atoms with Gasteiger partial charge in [-0.1, -0.05) is 12.1 Å². The van der Waals surface area contributed by atoms with E-state index in [0.29, 0.717) is 42.8 Å². The minimum atomic E-state index is -3.18. The number of ether oxygens (including phenoxy) is 1. The second kappa shape index (κ2) is 12.9. The van der Waals surface area contributed by atoms with Crippen molar-refractivity contribution >= 4 is 21.7 Å². The molecule has 3 fully saturated rings. The number of hydrogen-bond donors (Lipinski definition) is 1. The van der Waals surface area contributed by atoms with Crippen molar-refractivity contribution in [3.8, 4) is 0 Å². The van der Waals surface area contributed by atoms with E-state index in [1.54, 1.807) is 26.1 Å². The molecular weight excluding hydrogens is 559 g/mol. The van der Waals surface area contributed by atoms with E-state index in [-0.39, 0.29) is 30.0 Å². The van der Waals surface area contributed by atoms with Crippen LogP contribution in [0.2, 0.25) is 0 Å². The van der Waals surface area contributed by atoms with Crippen LogP contribution < -0.4 is 5.32 Å². The Hall–Kier alpha value is -2.67. The standard InChI is InChI=1S/C30H43FN6O4S/c1-20-5-6-22(17-26(20)31)27-8-7-25(41-27)18-32-29-21(2)28(33-19-34-29)30(38)37-15-11-24(12-16-37)36-13-9-23(10-14-36)35(3)42(4,39)40/h5-6,17,19,23-25,27H,7-16,18H2,1-4H3,(H,32,33,34)/t25?,27-/m1/s1. The molecule has 10 nitrogen and oxygen atoms in total. The molecule has 2 atom stereocenters. The molecule has 1 aromatic carbocycles. The van der Waals surface area contributed by atoms with E-state index in [1.807, 2.05) is 17.9 Å². The number of likely N-dealkylation sites (tertiary alicyclic amines) is 2. The highest BCUT2D eigenvalue weighted by Crippen LogP contribution is 2.33. The van der Waals surface area contributed by atoms with Crippen molar-refractivity contribution in [2.75, 3.05) is 51.3 Å². The monoisotopic (exact) mass is 602 g/mol. The molecule has 0 bridgehead atoms. The van der Waals surface area contributed by atoms with Gasteiger partial charge in [-0.2, -0.15) is 0 Å². The van der Waals surface area contributed by atoms with Gasteiger partial charge in [0.25, 0.3) is 5.91 Å². The second-order valence-corrected chi connectivity index (χ2v) is 14.0. The Morgan fingerprint density at radius 3 is 2.45 bits per heavy atom. The molecule has 0 aliphatic carbocycles. The lowest BCUT2D eigenvalue weighted by Gasteiger charge is -2.43. The minimum absolute atomic E-state index is 0.0382. The van der Waals surface area contributed by atoms with Gasteiger partial charge in [-0.05, 0) is 82.7 Å². The van der Waals surface area contributed by atoms with Gasteiger partial charge in [-0.25, -0.2) is 27.1 Å². The summed E-state index contributed by atoms with van der Waals surface area (Å²) >= 11 is 0. The summed E-state index contributed by atoms with van der Waals surface area (Å²) < 4.78 is 45.5. The van der Waals surface area contributed by atoms with E-state index in [9.17, 15) is 17.6 Å². The molecule has 0 saturated carbocycles. The number of rotatable bonds is 8. The Bertz CT molecular complexity index is 1380. The predicted molar refractivity (Wildman–Crippen MR) is 159 cm³/mol. The van der Waals surface area contributed by atoms with Crippen molar-refractivity contribution in [3.05, 3.63) is 52.7 Å². The molecule has 0 spiro atoms. The van der Waals surface area contributed by atoms with Gasteiger partial charge in [0, 0.05) is 44.3 Å². The van der Waals surface area contributed by atoms with Crippen molar-refractivity contribution in [1.29, 1.82) is 0 Å². The molecule has 3 saturated heterocycles. The highest BCUT2D eigenvalue weighted by molar-refractivity contribution is 7.88. The van der Waals surface area contributed by atoms with Crippen molar-refractivity contribution in [2.24, 2.45) is 0 Å². The van der Waals surface area contributed by atoms with Crippen molar-refractivity contribution in [2.45, 2.75) is 76.7 Å². The summed E-state index contributed by atoms with van der Waals surface area (Å²) in [5, 5.41) is 3.35. The number of halogens is 1. The van der Waals surface area contributed by atoms with Crippen molar-refractivity contribution in [1.82, 2.24) is 24.1 Å². The van der Waals surface area contributed by atoms with Crippen molar-refractivity contribution in [3.63, 3.8) is 0 Å². The first-order valence-electron chi connectivity index (χ1n) is 14.9. The highest BCUT2D eigenvalue weighted by atomic mass is 32.2. The predicted octanol–water partition coefficient (Wildman–Crippen LogP) is 3.53. The third-order valence-corrected chi connectivity index (χ3v) is 10.6. The summed E-state index contributed by atoms with van der Waals surface area (Å²) in [6.07, 6.45) is 7.64. The number of piperidine rings is 2. The van der Waals surface area contributed by atoms with Crippen LogP contribution in [-0.2, 0) is 14.8 Å². The lowest BCUT2D eigenvalue weighted by Crippen LogP contribution is -2.52. The largest absolute Gasteiger partial charge is 0.368 e. The SMILES string of the molecule is Cc1ccc([C@H]2CCC(CNc3ncnc(C(=O)N4CCC(N5CCC(N(C)S(C)(=O)=O)CC5)CC4)c3C)O2)cc1F. The van der Waals surface area contributed by atoms with Crippen LogP contribution in [-0.4, -0.2) is 103 Å². The molecule has 0 radical (unpaired) electrons. The average Bonchev–Trinajstić information content (AvgIpc) is 3.46. The number of aromatic nitrogens is 2. The molecule has 1 N–H and O–H groups in total. The Balaban J connectivity index is 1.11. The maximum Gasteiger partial charge on any atom is 0.272 e. The fraction of sp³-hybridized carbons (Fsp3) is 0.633. The van der Waals surface area contributed by atoms with E-state index in [1.165, 1.54) is 16.9 Å².